The zero-order valence-electron chi connectivity index (χ0n) is 24.3. The number of aromatic nitrogens is 1. The van der Waals surface area contributed by atoms with Crippen molar-refractivity contribution in [3.8, 4) is 0 Å². The standard InChI is InChI=1S/C32H42N4O3S/c1-5-36(26-12-7-6-8-13-26)30(37)25-20-28(40-22-25)29(24-19-23-11-9-10-14-27(23)33-21-24)34-15-17-35(18-16-34)31(38)39-32(2,3)4/h9-11,14,19-22,26,29H,5-8,12-13,15-18H2,1-4H3. The summed E-state index contributed by atoms with van der Waals surface area (Å²) in [5.74, 6) is 0.141. The van der Waals surface area contributed by atoms with Crippen molar-refractivity contribution in [1.82, 2.24) is 19.7 Å². The zero-order valence-corrected chi connectivity index (χ0v) is 25.1. The van der Waals surface area contributed by atoms with Crippen molar-refractivity contribution in [2.75, 3.05) is 32.7 Å². The maximum atomic E-state index is 13.7. The minimum atomic E-state index is -0.516. The molecule has 5 rings (SSSR count). The second-order valence-electron chi connectivity index (χ2n) is 12.0. The van der Waals surface area contributed by atoms with Crippen molar-refractivity contribution in [2.45, 2.75) is 77.5 Å². The molecule has 1 unspecified atom stereocenters. The quantitative estimate of drug-likeness (QED) is 0.333. The molecule has 7 nitrogen and oxygen atoms in total. The molecule has 0 bridgehead atoms. The Kier molecular flexibility index (Phi) is 8.76. The Morgan fingerprint density at radius 2 is 1.80 bits per heavy atom. The van der Waals surface area contributed by atoms with Crippen molar-refractivity contribution in [3.05, 3.63) is 64.0 Å². The van der Waals surface area contributed by atoms with E-state index < -0.39 is 5.60 Å². The van der Waals surface area contributed by atoms with Crippen LogP contribution in [-0.4, -0.2) is 76.1 Å². The average molecular weight is 563 g/mol. The van der Waals surface area contributed by atoms with Gasteiger partial charge in [0.1, 0.15) is 5.60 Å². The summed E-state index contributed by atoms with van der Waals surface area (Å²) in [6.45, 7) is 11.1. The van der Waals surface area contributed by atoms with Crippen LogP contribution >= 0.6 is 11.3 Å². The lowest BCUT2D eigenvalue weighted by molar-refractivity contribution is 0.0120. The van der Waals surface area contributed by atoms with Crippen molar-refractivity contribution in [1.29, 1.82) is 0 Å². The van der Waals surface area contributed by atoms with E-state index in [1.807, 2.05) is 50.5 Å². The zero-order chi connectivity index (χ0) is 28.3. The Morgan fingerprint density at radius 1 is 1.07 bits per heavy atom. The third-order valence-corrected chi connectivity index (χ3v) is 9.00. The number of hydrogen-bond acceptors (Lipinski definition) is 6. The Morgan fingerprint density at radius 3 is 2.50 bits per heavy atom. The van der Waals surface area contributed by atoms with Gasteiger partial charge in [-0.3, -0.25) is 14.7 Å². The van der Waals surface area contributed by atoms with Crippen LogP contribution < -0.4 is 0 Å². The molecule has 3 heterocycles. The van der Waals surface area contributed by atoms with Crippen molar-refractivity contribution in [3.63, 3.8) is 0 Å². The maximum Gasteiger partial charge on any atom is 0.410 e. The van der Waals surface area contributed by atoms with Crippen LogP contribution in [0.3, 0.4) is 0 Å². The van der Waals surface area contributed by atoms with E-state index in [1.165, 1.54) is 19.3 Å². The fourth-order valence-corrected chi connectivity index (χ4v) is 7.06. The third-order valence-electron chi connectivity index (χ3n) is 8.01. The van der Waals surface area contributed by atoms with Gasteiger partial charge < -0.3 is 14.5 Å². The minimum Gasteiger partial charge on any atom is -0.444 e. The number of amides is 2. The van der Waals surface area contributed by atoms with Gasteiger partial charge in [0.25, 0.3) is 5.91 Å². The summed E-state index contributed by atoms with van der Waals surface area (Å²) in [6, 6.07) is 12.8. The number of hydrogen-bond donors (Lipinski definition) is 0. The predicted octanol–water partition coefficient (Wildman–Crippen LogP) is 6.73. The van der Waals surface area contributed by atoms with Crippen LogP contribution in [-0.2, 0) is 4.74 Å². The lowest BCUT2D eigenvalue weighted by atomic mass is 9.94. The summed E-state index contributed by atoms with van der Waals surface area (Å²) in [5.41, 5.74) is 2.33. The smallest absolute Gasteiger partial charge is 0.410 e. The van der Waals surface area contributed by atoms with Gasteiger partial charge in [0, 0.05) is 60.6 Å². The molecule has 0 N–H and O–H groups in total. The minimum absolute atomic E-state index is 0.0470. The molecule has 8 heteroatoms. The van der Waals surface area contributed by atoms with Gasteiger partial charge in [-0.25, -0.2) is 4.79 Å². The summed E-state index contributed by atoms with van der Waals surface area (Å²) < 4.78 is 5.62. The number of ether oxygens (including phenoxy) is 1. The van der Waals surface area contributed by atoms with E-state index in [0.29, 0.717) is 32.2 Å². The number of nitrogens with zero attached hydrogens (tertiary/aromatic N) is 4. The van der Waals surface area contributed by atoms with E-state index in [1.54, 1.807) is 16.2 Å². The molecule has 2 aromatic heterocycles. The van der Waals surface area contributed by atoms with E-state index in [0.717, 1.165) is 46.3 Å². The number of carbonyl (C=O) groups is 2. The Hall–Kier alpha value is -2.97. The molecule has 0 radical (unpaired) electrons. The summed E-state index contributed by atoms with van der Waals surface area (Å²) >= 11 is 1.65. The van der Waals surface area contributed by atoms with Crippen LogP contribution in [0.2, 0.25) is 0 Å². The van der Waals surface area contributed by atoms with Gasteiger partial charge in [-0.1, -0.05) is 37.5 Å². The van der Waals surface area contributed by atoms with Gasteiger partial charge in [-0.2, -0.15) is 0 Å². The molecule has 1 atom stereocenters. The molecular weight excluding hydrogens is 520 g/mol. The first kappa shape index (κ1) is 28.6. The highest BCUT2D eigenvalue weighted by molar-refractivity contribution is 7.10. The van der Waals surface area contributed by atoms with Crippen LogP contribution in [0.1, 0.15) is 86.6 Å². The number of fused-ring (bicyclic) bond motifs is 1. The lowest BCUT2D eigenvalue weighted by Gasteiger charge is -2.39. The number of thiophene rings is 1. The maximum absolute atomic E-state index is 13.7. The molecule has 0 spiro atoms. The number of pyridine rings is 1. The Balaban J connectivity index is 1.41. The van der Waals surface area contributed by atoms with Crippen LogP contribution in [0.15, 0.2) is 48.0 Å². The summed E-state index contributed by atoms with van der Waals surface area (Å²) in [5, 5.41) is 3.13. The topological polar surface area (TPSA) is 66.0 Å². The summed E-state index contributed by atoms with van der Waals surface area (Å²) in [6.07, 6.45) is 7.59. The van der Waals surface area contributed by atoms with Crippen LogP contribution in [0.4, 0.5) is 4.79 Å². The molecule has 1 aromatic carbocycles. The third kappa shape index (κ3) is 6.50. The van der Waals surface area contributed by atoms with E-state index in [9.17, 15) is 9.59 Å². The van der Waals surface area contributed by atoms with E-state index in [4.69, 9.17) is 9.72 Å². The Labute approximate surface area is 242 Å². The summed E-state index contributed by atoms with van der Waals surface area (Å²) in [4.78, 5) is 38.6. The molecule has 1 saturated carbocycles. The highest BCUT2D eigenvalue weighted by Gasteiger charge is 2.32. The molecular formula is C32H42N4O3S. The molecule has 2 fully saturated rings. The second kappa shape index (κ2) is 12.3. The van der Waals surface area contributed by atoms with Gasteiger partial charge in [0.15, 0.2) is 0 Å². The fourth-order valence-electron chi connectivity index (χ4n) is 6.02. The number of para-hydroxylation sites is 1. The highest BCUT2D eigenvalue weighted by Crippen LogP contribution is 2.36. The summed E-state index contributed by atoms with van der Waals surface area (Å²) in [7, 11) is 0. The molecule has 2 aliphatic rings. The van der Waals surface area contributed by atoms with Gasteiger partial charge in [-0.15, -0.1) is 11.3 Å². The second-order valence-corrected chi connectivity index (χ2v) is 12.9. The SMILES string of the molecule is CCN(C(=O)c1csc(C(c2cnc3ccccc3c2)N2CCN(C(=O)OC(C)(C)C)CC2)c1)C1CCCCC1. The number of benzene rings is 1. The van der Waals surface area contributed by atoms with Gasteiger partial charge in [0.05, 0.1) is 17.1 Å². The largest absolute Gasteiger partial charge is 0.444 e. The van der Waals surface area contributed by atoms with E-state index in [2.05, 4.69) is 34.9 Å². The molecule has 1 aliphatic carbocycles. The van der Waals surface area contributed by atoms with Crippen LogP contribution in [0.25, 0.3) is 10.9 Å². The predicted molar refractivity (Wildman–Crippen MR) is 161 cm³/mol. The van der Waals surface area contributed by atoms with Gasteiger partial charge >= 0.3 is 6.09 Å². The normalized spacial score (nSPS) is 18.1. The molecule has 1 saturated heterocycles. The van der Waals surface area contributed by atoms with E-state index in [-0.39, 0.29) is 18.0 Å². The molecule has 214 valence electrons. The molecule has 3 aromatic rings. The first-order chi connectivity index (χ1) is 19.2. The molecule has 1 aliphatic heterocycles. The first-order valence-electron chi connectivity index (χ1n) is 14.7. The number of rotatable bonds is 6. The fraction of sp³-hybridized carbons (Fsp3) is 0.531. The highest BCUT2D eigenvalue weighted by atomic mass is 32.1. The molecule has 2 amide bonds. The van der Waals surface area contributed by atoms with Crippen LogP contribution in [0.5, 0.6) is 0 Å². The monoisotopic (exact) mass is 562 g/mol. The van der Waals surface area contributed by atoms with Crippen molar-refractivity contribution < 1.29 is 14.3 Å². The van der Waals surface area contributed by atoms with Crippen LogP contribution in [0, 0.1) is 0 Å². The van der Waals surface area contributed by atoms with Crippen molar-refractivity contribution >= 4 is 34.2 Å². The Bertz CT molecular complexity index is 1320. The number of piperazine rings is 1. The van der Waals surface area contributed by atoms with Gasteiger partial charge in [0.2, 0.25) is 0 Å². The van der Waals surface area contributed by atoms with E-state index >= 15 is 0 Å². The lowest BCUT2D eigenvalue weighted by Crippen LogP contribution is -2.50. The van der Waals surface area contributed by atoms with Crippen molar-refractivity contribution in [2.24, 2.45) is 0 Å². The average Bonchev–Trinajstić information content (AvgIpc) is 3.43. The first-order valence-corrected chi connectivity index (χ1v) is 15.6. The molecule has 40 heavy (non-hydrogen) atoms. The number of carbonyl (C=O) groups excluding carboxylic acids is 2. The van der Waals surface area contributed by atoms with Gasteiger partial charge in [-0.05, 0) is 64.3 Å².